The van der Waals surface area contributed by atoms with Crippen molar-refractivity contribution in [3.63, 3.8) is 0 Å². The number of nitrogens with zero attached hydrogens (tertiary/aromatic N) is 1. The highest BCUT2D eigenvalue weighted by Gasteiger charge is 2.32. The van der Waals surface area contributed by atoms with Gasteiger partial charge in [0.1, 0.15) is 0 Å². The second kappa shape index (κ2) is 6.59. The molecule has 0 bridgehead atoms. The van der Waals surface area contributed by atoms with Crippen LogP contribution in [0.25, 0.3) is 0 Å². The second-order valence-corrected chi connectivity index (χ2v) is 5.21. The fourth-order valence-corrected chi connectivity index (χ4v) is 2.87. The van der Waals surface area contributed by atoms with E-state index in [-0.39, 0.29) is 6.54 Å². The number of likely N-dealkylation sites (N-methyl/N-ethyl adjacent to an activating group) is 1. The van der Waals surface area contributed by atoms with Crippen molar-refractivity contribution in [1.29, 1.82) is 0 Å². The van der Waals surface area contributed by atoms with Crippen LogP contribution < -0.4 is 5.32 Å². The smallest absolute Gasteiger partial charge is 0.311 e. The molecule has 0 aromatic heterocycles. The van der Waals surface area contributed by atoms with Gasteiger partial charge < -0.3 is 5.32 Å². The molecule has 1 aromatic carbocycles. The minimum Gasteiger partial charge on any atom is -0.311 e. The Morgan fingerprint density at radius 1 is 1.30 bits per heavy atom. The Morgan fingerprint density at radius 3 is 2.75 bits per heavy atom. The van der Waals surface area contributed by atoms with Gasteiger partial charge in [0.05, 0.1) is 5.56 Å². The second-order valence-electron chi connectivity index (χ2n) is 5.21. The van der Waals surface area contributed by atoms with Gasteiger partial charge in [0, 0.05) is 19.1 Å². The van der Waals surface area contributed by atoms with Gasteiger partial charge in [-0.15, -0.1) is 0 Å². The van der Waals surface area contributed by atoms with Crippen LogP contribution in [-0.4, -0.2) is 30.6 Å². The van der Waals surface area contributed by atoms with E-state index in [1.54, 1.807) is 12.1 Å². The minimum atomic E-state index is -4.28. The average molecular weight is 286 g/mol. The summed E-state index contributed by atoms with van der Waals surface area (Å²) in [7, 11) is 0. The summed E-state index contributed by atoms with van der Waals surface area (Å²) >= 11 is 0. The third-order valence-corrected chi connectivity index (χ3v) is 3.92. The molecule has 2 nitrogen and oxygen atoms in total. The number of hydrogen-bond acceptors (Lipinski definition) is 2. The van der Waals surface area contributed by atoms with Crippen molar-refractivity contribution < 1.29 is 13.2 Å². The average Bonchev–Trinajstić information content (AvgIpc) is 2.85. The van der Waals surface area contributed by atoms with Crippen molar-refractivity contribution in [3.8, 4) is 0 Å². The lowest BCUT2D eigenvalue weighted by molar-refractivity contribution is -0.138. The van der Waals surface area contributed by atoms with E-state index in [1.165, 1.54) is 12.5 Å². The summed E-state index contributed by atoms with van der Waals surface area (Å²) < 4.78 is 38.6. The SMILES string of the molecule is CCN1CCCC1CNCc1ccccc1C(F)(F)F. The molecule has 1 fully saturated rings. The Bertz CT molecular complexity index is 431. The van der Waals surface area contributed by atoms with Crippen LogP contribution in [0.5, 0.6) is 0 Å². The predicted molar refractivity (Wildman–Crippen MR) is 73.4 cm³/mol. The molecule has 0 spiro atoms. The van der Waals surface area contributed by atoms with E-state index < -0.39 is 11.7 Å². The zero-order chi connectivity index (χ0) is 14.6. The van der Waals surface area contributed by atoms with E-state index >= 15 is 0 Å². The van der Waals surface area contributed by atoms with E-state index in [0.29, 0.717) is 11.6 Å². The van der Waals surface area contributed by atoms with Gasteiger partial charge in [-0.05, 0) is 37.6 Å². The zero-order valence-corrected chi connectivity index (χ0v) is 11.7. The lowest BCUT2D eigenvalue weighted by Gasteiger charge is -2.23. The standard InChI is InChI=1S/C15H21F3N2/c1-2-20-9-5-7-13(20)11-19-10-12-6-3-4-8-14(12)15(16,17)18/h3-4,6,8,13,19H,2,5,7,9-11H2,1H3. The number of alkyl halides is 3. The Hall–Kier alpha value is -1.07. The van der Waals surface area contributed by atoms with Crippen LogP contribution in [0.15, 0.2) is 24.3 Å². The molecular weight excluding hydrogens is 265 g/mol. The van der Waals surface area contributed by atoms with Gasteiger partial charge in [0.2, 0.25) is 0 Å². The molecule has 1 heterocycles. The molecule has 1 aliphatic rings. The van der Waals surface area contributed by atoms with Crippen molar-refractivity contribution in [1.82, 2.24) is 10.2 Å². The third-order valence-electron chi connectivity index (χ3n) is 3.92. The summed E-state index contributed by atoms with van der Waals surface area (Å²) in [6.07, 6.45) is -1.97. The van der Waals surface area contributed by atoms with Crippen LogP contribution in [0.3, 0.4) is 0 Å². The highest BCUT2D eigenvalue weighted by molar-refractivity contribution is 5.29. The molecule has 20 heavy (non-hydrogen) atoms. The molecule has 0 aliphatic carbocycles. The summed E-state index contributed by atoms with van der Waals surface area (Å²) in [6.45, 7) is 5.24. The van der Waals surface area contributed by atoms with Crippen LogP contribution in [0.2, 0.25) is 0 Å². The Balaban J connectivity index is 1.91. The number of nitrogens with one attached hydrogen (secondary N) is 1. The van der Waals surface area contributed by atoms with Crippen molar-refractivity contribution in [2.24, 2.45) is 0 Å². The Morgan fingerprint density at radius 2 is 2.05 bits per heavy atom. The monoisotopic (exact) mass is 286 g/mol. The maximum Gasteiger partial charge on any atom is 0.416 e. The van der Waals surface area contributed by atoms with Crippen molar-refractivity contribution in [2.75, 3.05) is 19.6 Å². The molecule has 1 saturated heterocycles. The minimum absolute atomic E-state index is 0.268. The molecule has 1 aliphatic heterocycles. The van der Waals surface area contributed by atoms with Crippen molar-refractivity contribution >= 4 is 0 Å². The van der Waals surface area contributed by atoms with Gasteiger partial charge in [0.25, 0.3) is 0 Å². The van der Waals surface area contributed by atoms with Crippen LogP contribution in [0.4, 0.5) is 13.2 Å². The summed E-state index contributed by atoms with van der Waals surface area (Å²) in [4.78, 5) is 2.38. The third kappa shape index (κ3) is 3.73. The molecule has 0 radical (unpaired) electrons. The summed E-state index contributed by atoms with van der Waals surface area (Å²) in [5.41, 5.74) is -0.215. The summed E-state index contributed by atoms with van der Waals surface area (Å²) in [5, 5.41) is 3.18. The van der Waals surface area contributed by atoms with Gasteiger partial charge in [-0.2, -0.15) is 13.2 Å². The number of rotatable bonds is 5. The number of halogens is 3. The maximum atomic E-state index is 12.9. The molecule has 1 N–H and O–H groups in total. The molecule has 1 unspecified atom stereocenters. The molecule has 1 aromatic rings. The highest BCUT2D eigenvalue weighted by Crippen LogP contribution is 2.31. The van der Waals surface area contributed by atoms with Gasteiger partial charge in [0.15, 0.2) is 0 Å². The maximum absolute atomic E-state index is 12.9. The highest BCUT2D eigenvalue weighted by atomic mass is 19.4. The van der Waals surface area contributed by atoms with Crippen LogP contribution in [0.1, 0.15) is 30.9 Å². The molecule has 2 rings (SSSR count). The fraction of sp³-hybridized carbons (Fsp3) is 0.600. The van der Waals surface area contributed by atoms with Crippen LogP contribution in [0, 0.1) is 0 Å². The lowest BCUT2D eigenvalue weighted by Crippen LogP contribution is -2.37. The van der Waals surface area contributed by atoms with E-state index in [9.17, 15) is 13.2 Å². The summed E-state index contributed by atoms with van der Waals surface area (Å²) in [5.74, 6) is 0. The molecular formula is C15H21F3N2. The Labute approximate surface area is 118 Å². The van der Waals surface area contributed by atoms with Gasteiger partial charge in [-0.1, -0.05) is 25.1 Å². The van der Waals surface area contributed by atoms with E-state index in [0.717, 1.165) is 32.1 Å². The number of likely N-dealkylation sites (tertiary alicyclic amines) is 1. The van der Waals surface area contributed by atoms with Gasteiger partial charge >= 0.3 is 6.18 Å². The first kappa shape index (κ1) is 15.3. The number of benzene rings is 1. The van der Waals surface area contributed by atoms with Crippen LogP contribution in [-0.2, 0) is 12.7 Å². The van der Waals surface area contributed by atoms with E-state index in [2.05, 4.69) is 17.1 Å². The number of hydrogen-bond donors (Lipinski definition) is 1. The first-order valence-electron chi connectivity index (χ1n) is 7.12. The first-order valence-corrected chi connectivity index (χ1v) is 7.12. The molecule has 0 saturated carbocycles. The first-order chi connectivity index (χ1) is 9.52. The molecule has 112 valence electrons. The largest absolute Gasteiger partial charge is 0.416 e. The molecule has 5 heteroatoms. The molecule has 1 atom stereocenters. The lowest BCUT2D eigenvalue weighted by atomic mass is 10.1. The van der Waals surface area contributed by atoms with Crippen LogP contribution >= 0.6 is 0 Å². The topological polar surface area (TPSA) is 15.3 Å². The van der Waals surface area contributed by atoms with E-state index in [1.807, 2.05) is 0 Å². The fourth-order valence-electron chi connectivity index (χ4n) is 2.87. The normalized spacial score (nSPS) is 20.5. The van der Waals surface area contributed by atoms with E-state index in [4.69, 9.17) is 0 Å². The zero-order valence-electron chi connectivity index (χ0n) is 11.7. The van der Waals surface area contributed by atoms with Crippen molar-refractivity contribution in [2.45, 2.75) is 38.5 Å². The van der Waals surface area contributed by atoms with Gasteiger partial charge in [-0.3, -0.25) is 4.90 Å². The summed E-state index contributed by atoms with van der Waals surface area (Å²) in [6, 6.07) is 6.23. The predicted octanol–water partition coefficient (Wildman–Crippen LogP) is 3.28. The quantitative estimate of drug-likeness (QED) is 0.893. The Kier molecular flexibility index (Phi) is 5.05. The van der Waals surface area contributed by atoms with Gasteiger partial charge in [-0.25, -0.2) is 0 Å². The van der Waals surface area contributed by atoms with Crippen molar-refractivity contribution in [3.05, 3.63) is 35.4 Å². The molecule has 0 amide bonds.